The molecule has 3 aliphatic rings. The van der Waals surface area contributed by atoms with Gasteiger partial charge in [-0.3, -0.25) is 14.3 Å². The largest absolute Gasteiger partial charge is 0.364 e. The molecule has 2 N–H and O–H groups in total. The smallest absolute Gasteiger partial charge is 0.271 e. The highest BCUT2D eigenvalue weighted by Crippen LogP contribution is 2.49. The lowest BCUT2D eigenvalue weighted by atomic mass is 9.57. The molecule has 15 heteroatoms. The average Bonchev–Trinajstić information content (AvgIpc) is 3.72. The van der Waals surface area contributed by atoms with Crippen LogP contribution < -0.4 is 15.5 Å². The molecule has 1 aromatic carbocycles. The minimum Gasteiger partial charge on any atom is -0.364 e. The number of rotatable bonds is 8. The standard InChI is InChI=1S/C35H37B2N11O2/c1-19-14-29-41-28(42-33(49)21-12-13-21)15-30(48(29)43-19)40-25-9-6-8-23-24-16-38-47(31(24)20(2)45(5)32(23)25)22-17-46(18-22)35(36,37)27-11-7-10-26(39-27)34(50)44(3)4/h6-11,14-16,20-22,40H,12-13,17-18H2,1-5H3,(H,41,42,49)/t20-/m1/s1. The highest BCUT2D eigenvalue weighted by molar-refractivity contribution is 6.39. The van der Waals surface area contributed by atoms with Crippen molar-refractivity contribution in [3.8, 4) is 11.1 Å². The zero-order valence-corrected chi connectivity index (χ0v) is 28.8. The number of fused-ring (bicyclic) bond motifs is 4. The molecule has 0 bridgehead atoms. The highest BCUT2D eigenvalue weighted by Gasteiger charge is 2.42. The van der Waals surface area contributed by atoms with E-state index in [-0.39, 0.29) is 29.8 Å². The summed E-state index contributed by atoms with van der Waals surface area (Å²) in [6.07, 6.45) is 3.76. The highest BCUT2D eigenvalue weighted by atomic mass is 16.2. The van der Waals surface area contributed by atoms with E-state index in [2.05, 4.69) is 55.3 Å². The number of anilines is 4. The summed E-state index contributed by atoms with van der Waals surface area (Å²) in [6, 6.07) is 15.1. The third-order valence-electron chi connectivity index (χ3n) is 10.0. The van der Waals surface area contributed by atoms with E-state index in [4.69, 9.17) is 20.8 Å². The summed E-state index contributed by atoms with van der Waals surface area (Å²) in [7, 11) is 18.8. The fourth-order valence-corrected chi connectivity index (χ4v) is 6.94. The van der Waals surface area contributed by atoms with Gasteiger partial charge in [-0.2, -0.15) is 14.7 Å². The molecule has 1 aliphatic carbocycles. The molecule has 1 atom stereocenters. The number of pyridine rings is 1. The van der Waals surface area contributed by atoms with Crippen molar-refractivity contribution in [2.75, 3.05) is 49.8 Å². The van der Waals surface area contributed by atoms with Gasteiger partial charge in [0.25, 0.3) is 5.91 Å². The second-order valence-electron chi connectivity index (χ2n) is 13.8. The van der Waals surface area contributed by atoms with E-state index in [1.807, 2.05) is 42.3 Å². The third-order valence-corrected chi connectivity index (χ3v) is 10.0. The van der Waals surface area contributed by atoms with Crippen LogP contribution in [0.4, 0.5) is 23.0 Å². The Bertz CT molecular complexity index is 2170. The molecule has 4 aromatic heterocycles. The van der Waals surface area contributed by atoms with Crippen molar-refractivity contribution < 1.29 is 9.59 Å². The van der Waals surface area contributed by atoms with Crippen molar-refractivity contribution in [3.05, 3.63) is 77.5 Å². The van der Waals surface area contributed by atoms with Gasteiger partial charge in [0.15, 0.2) is 5.65 Å². The molecular formula is C35H37B2N11O2. The maximum absolute atomic E-state index is 12.6. The van der Waals surface area contributed by atoms with Gasteiger partial charge in [0.1, 0.15) is 17.3 Å². The molecule has 2 fully saturated rings. The van der Waals surface area contributed by atoms with Crippen LogP contribution >= 0.6 is 0 Å². The van der Waals surface area contributed by atoms with Gasteiger partial charge in [-0.05, 0) is 50.2 Å². The zero-order valence-electron chi connectivity index (χ0n) is 28.8. The van der Waals surface area contributed by atoms with Crippen molar-refractivity contribution in [2.24, 2.45) is 5.92 Å². The summed E-state index contributed by atoms with van der Waals surface area (Å²) >= 11 is 0. The molecule has 1 saturated carbocycles. The number of carbonyl (C=O) groups is 2. The first-order valence-electron chi connectivity index (χ1n) is 16.8. The fraction of sp³-hybridized carbons (Fsp3) is 0.371. The molecular weight excluding hydrogens is 628 g/mol. The lowest BCUT2D eigenvalue weighted by molar-refractivity contribution is -0.117. The van der Waals surface area contributed by atoms with Crippen LogP contribution in [0, 0.1) is 12.8 Å². The minimum atomic E-state index is -1.35. The Balaban J connectivity index is 1.07. The van der Waals surface area contributed by atoms with E-state index >= 15 is 0 Å². The van der Waals surface area contributed by atoms with E-state index in [0.717, 1.165) is 46.7 Å². The molecule has 0 spiro atoms. The van der Waals surface area contributed by atoms with Gasteiger partial charge < -0.3 is 25.3 Å². The zero-order chi connectivity index (χ0) is 35.1. The van der Waals surface area contributed by atoms with Crippen LogP contribution in [0.5, 0.6) is 0 Å². The predicted molar refractivity (Wildman–Crippen MR) is 193 cm³/mol. The molecule has 0 unspecified atom stereocenters. The van der Waals surface area contributed by atoms with Gasteiger partial charge in [-0.25, -0.2) is 9.97 Å². The number of hydrogen-bond acceptors (Lipinski definition) is 9. The Labute approximate surface area is 292 Å². The second kappa shape index (κ2) is 11.7. The summed E-state index contributed by atoms with van der Waals surface area (Å²) in [5, 5.41) is 14.8. The van der Waals surface area contributed by atoms with Crippen LogP contribution in [0.1, 0.15) is 59.4 Å². The maximum Gasteiger partial charge on any atom is 0.271 e. The molecule has 13 nitrogen and oxygen atoms in total. The number of nitrogens with one attached hydrogen (secondary N) is 2. The van der Waals surface area contributed by atoms with Crippen LogP contribution in [0.2, 0.25) is 0 Å². The number of para-hydroxylation sites is 1. The van der Waals surface area contributed by atoms with Crippen molar-refractivity contribution in [1.82, 2.24) is 39.2 Å². The van der Waals surface area contributed by atoms with Gasteiger partial charge >= 0.3 is 0 Å². The minimum absolute atomic E-state index is 0.000194. The van der Waals surface area contributed by atoms with Crippen LogP contribution in [0.15, 0.2) is 54.7 Å². The molecule has 6 heterocycles. The number of carbonyl (C=O) groups excluding carboxylic acids is 2. The van der Waals surface area contributed by atoms with Crippen molar-refractivity contribution >= 4 is 56.2 Å². The number of benzene rings is 1. The summed E-state index contributed by atoms with van der Waals surface area (Å²) in [5.74, 6) is 1.04. The number of hydrogen-bond donors (Lipinski definition) is 2. The number of amides is 2. The number of likely N-dealkylation sites (tertiary alicyclic amines) is 1. The van der Waals surface area contributed by atoms with Crippen LogP contribution in [0.3, 0.4) is 0 Å². The summed E-state index contributed by atoms with van der Waals surface area (Å²) in [5.41, 5.74) is 7.34. The summed E-state index contributed by atoms with van der Waals surface area (Å²) < 4.78 is 3.86. The maximum atomic E-state index is 12.6. The number of aryl methyl sites for hydroxylation is 1. The molecule has 1 saturated heterocycles. The normalized spacial score (nSPS) is 17.6. The second-order valence-corrected chi connectivity index (χ2v) is 13.8. The Morgan fingerprint density at radius 3 is 2.52 bits per heavy atom. The Hall–Kier alpha value is -5.17. The quantitative estimate of drug-likeness (QED) is 0.239. The SMILES string of the molecule is [B]C([B])(c1cccc(C(=O)N(C)C)n1)N1CC(n2ncc3c2[C@@H](C)N(C)c2c(Nc4cc(NC(=O)C5CC5)nc5cc(C)nn45)cccc2-3)C1. The lowest BCUT2D eigenvalue weighted by Crippen LogP contribution is -2.60. The van der Waals surface area contributed by atoms with Crippen LogP contribution in [-0.2, 0) is 10.1 Å². The summed E-state index contributed by atoms with van der Waals surface area (Å²) in [4.78, 5) is 40.0. The Morgan fingerprint density at radius 2 is 1.78 bits per heavy atom. The third kappa shape index (κ3) is 5.31. The molecule has 5 aromatic rings. The van der Waals surface area contributed by atoms with Crippen LogP contribution in [-0.4, -0.2) is 101 Å². The number of aromatic nitrogens is 6. The Kier molecular flexibility index (Phi) is 7.51. The Morgan fingerprint density at radius 1 is 1.02 bits per heavy atom. The van der Waals surface area contributed by atoms with E-state index in [9.17, 15) is 9.59 Å². The summed E-state index contributed by atoms with van der Waals surface area (Å²) in [6.45, 7) is 5.24. The van der Waals surface area contributed by atoms with Gasteiger partial charge in [-0.15, -0.1) is 0 Å². The van der Waals surface area contributed by atoms with Crippen molar-refractivity contribution in [3.63, 3.8) is 0 Å². The molecule has 2 aliphatic heterocycles. The molecule has 8 rings (SSSR count). The topological polar surface area (TPSA) is 129 Å². The monoisotopic (exact) mass is 665 g/mol. The first-order chi connectivity index (χ1) is 23.9. The molecule has 4 radical (unpaired) electrons. The number of nitrogens with zero attached hydrogens (tertiary/aromatic N) is 9. The first-order valence-corrected chi connectivity index (χ1v) is 16.8. The van der Waals surface area contributed by atoms with Crippen molar-refractivity contribution in [2.45, 2.75) is 44.1 Å². The predicted octanol–water partition coefficient (Wildman–Crippen LogP) is 3.61. The van der Waals surface area contributed by atoms with E-state index < -0.39 is 5.34 Å². The lowest BCUT2D eigenvalue weighted by Gasteiger charge is -2.50. The van der Waals surface area contributed by atoms with Gasteiger partial charge in [0.05, 0.1) is 56.7 Å². The van der Waals surface area contributed by atoms with E-state index in [1.54, 1.807) is 36.8 Å². The molecule has 2 amide bonds. The average molecular weight is 665 g/mol. The van der Waals surface area contributed by atoms with Gasteiger partial charge in [-0.1, -0.05) is 18.2 Å². The molecule has 50 heavy (non-hydrogen) atoms. The van der Waals surface area contributed by atoms with Gasteiger partial charge in [0, 0.05) is 69.1 Å². The molecule has 250 valence electrons. The fourth-order valence-electron chi connectivity index (χ4n) is 6.94. The van der Waals surface area contributed by atoms with E-state index in [1.165, 1.54) is 4.90 Å². The van der Waals surface area contributed by atoms with Gasteiger partial charge in [0.2, 0.25) is 5.91 Å². The van der Waals surface area contributed by atoms with E-state index in [0.29, 0.717) is 41.8 Å². The van der Waals surface area contributed by atoms with Crippen LogP contribution in [0.25, 0.3) is 16.8 Å². The van der Waals surface area contributed by atoms with Crippen molar-refractivity contribution in [1.29, 1.82) is 0 Å². The first kappa shape index (κ1) is 32.1.